The minimum atomic E-state index is -3.38. The first-order chi connectivity index (χ1) is 10.1. The second-order valence-corrected chi connectivity index (χ2v) is 8.95. The van der Waals surface area contributed by atoms with Crippen molar-refractivity contribution in [2.24, 2.45) is 5.92 Å². The average molecular weight is 329 g/mol. The molecule has 0 amide bonds. The molecule has 1 aromatic rings. The second-order valence-electron chi connectivity index (χ2n) is 6.27. The van der Waals surface area contributed by atoms with Crippen molar-refractivity contribution in [1.29, 1.82) is 0 Å². The zero-order valence-corrected chi connectivity index (χ0v) is 14.1. The summed E-state index contributed by atoms with van der Waals surface area (Å²) in [6.45, 7) is 2.72. The Hall–Kier alpha value is -0.430. The summed E-state index contributed by atoms with van der Waals surface area (Å²) in [6, 6.07) is 2.40. The van der Waals surface area contributed by atoms with E-state index in [9.17, 15) is 8.42 Å². The van der Waals surface area contributed by atoms with Crippen molar-refractivity contribution in [3.63, 3.8) is 0 Å². The third-order valence-corrected chi connectivity index (χ3v) is 6.91. The molecule has 2 fully saturated rings. The summed E-state index contributed by atoms with van der Waals surface area (Å²) >= 11 is 1.53. The first-order valence-corrected chi connectivity index (χ1v) is 10.3. The largest absolute Gasteiger partial charge is 0.309 e. The molecule has 2 aliphatic carbocycles. The van der Waals surface area contributed by atoms with Crippen molar-refractivity contribution in [3.05, 3.63) is 16.3 Å². The molecule has 0 aromatic carbocycles. The standard InChI is InChI=1S/C15H24N2O2S2/c1-2-12(9-11-3-4-11)17-21(18,19)15-7-8-20-14(15)10-16-13-5-6-13/h7-8,11-13,16-17H,2-6,9-10H2,1H3. The van der Waals surface area contributed by atoms with Crippen LogP contribution in [0.25, 0.3) is 0 Å². The van der Waals surface area contributed by atoms with E-state index in [1.54, 1.807) is 6.07 Å². The molecule has 2 N–H and O–H groups in total. The predicted molar refractivity (Wildman–Crippen MR) is 85.9 cm³/mol. The van der Waals surface area contributed by atoms with Gasteiger partial charge in [-0.3, -0.25) is 0 Å². The number of hydrogen-bond acceptors (Lipinski definition) is 4. The summed E-state index contributed by atoms with van der Waals surface area (Å²) in [4.78, 5) is 1.39. The molecule has 0 bridgehead atoms. The molecule has 4 nitrogen and oxygen atoms in total. The van der Waals surface area contributed by atoms with E-state index in [1.807, 2.05) is 5.38 Å². The summed E-state index contributed by atoms with van der Waals surface area (Å²) in [5.74, 6) is 0.733. The number of nitrogens with one attached hydrogen (secondary N) is 2. The van der Waals surface area contributed by atoms with Crippen molar-refractivity contribution in [1.82, 2.24) is 10.0 Å². The van der Waals surface area contributed by atoms with E-state index in [0.717, 1.165) is 23.6 Å². The molecule has 6 heteroatoms. The fourth-order valence-corrected chi connectivity index (χ4v) is 5.29. The SMILES string of the molecule is CCC(CC1CC1)NS(=O)(=O)c1ccsc1CNC1CC1. The smallest absolute Gasteiger partial charge is 0.241 e. The van der Waals surface area contributed by atoms with Gasteiger partial charge >= 0.3 is 0 Å². The molecule has 2 saturated carbocycles. The molecule has 0 spiro atoms. The predicted octanol–water partition coefficient (Wildman–Crippen LogP) is 2.86. The molecule has 1 aromatic heterocycles. The normalized spacial score (nSPS) is 20.6. The van der Waals surface area contributed by atoms with Gasteiger partial charge in [0.05, 0.1) is 4.90 Å². The summed E-state index contributed by atoms with van der Waals surface area (Å²) in [5, 5.41) is 5.27. The first-order valence-electron chi connectivity index (χ1n) is 7.90. The van der Waals surface area contributed by atoms with Gasteiger partial charge < -0.3 is 5.32 Å². The lowest BCUT2D eigenvalue weighted by molar-refractivity contribution is 0.495. The van der Waals surface area contributed by atoms with Gasteiger partial charge in [0.15, 0.2) is 0 Å². The van der Waals surface area contributed by atoms with Crippen LogP contribution in [0.3, 0.4) is 0 Å². The highest BCUT2D eigenvalue weighted by molar-refractivity contribution is 7.89. The van der Waals surface area contributed by atoms with Gasteiger partial charge in [-0.25, -0.2) is 13.1 Å². The summed E-state index contributed by atoms with van der Waals surface area (Å²) in [6.07, 6.45) is 6.78. The first kappa shape index (κ1) is 15.5. The Morgan fingerprint density at radius 2 is 2.10 bits per heavy atom. The number of sulfonamides is 1. The second kappa shape index (κ2) is 6.36. The quantitative estimate of drug-likeness (QED) is 0.733. The minimum absolute atomic E-state index is 0.0756. The van der Waals surface area contributed by atoms with Crippen LogP contribution in [-0.4, -0.2) is 20.5 Å². The van der Waals surface area contributed by atoms with Gasteiger partial charge in [0.1, 0.15) is 0 Å². The van der Waals surface area contributed by atoms with Crippen LogP contribution in [0.4, 0.5) is 0 Å². The Labute approximate surface area is 131 Å². The number of rotatable bonds is 9. The lowest BCUT2D eigenvalue weighted by Gasteiger charge is -2.17. The Bertz CT molecular complexity index is 574. The van der Waals surface area contributed by atoms with E-state index >= 15 is 0 Å². The van der Waals surface area contributed by atoms with Crippen LogP contribution in [0.5, 0.6) is 0 Å². The third-order valence-electron chi connectivity index (χ3n) is 4.25. The number of thiophene rings is 1. The average Bonchev–Trinajstić information content (AvgIpc) is 3.37. The van der Waals surface area contributed by atoms with Gasteiger partial charge in [-0.15, -0.1) is 11.3 Å². The van der Waals surface area contributed by atoms with Crippen LogP contribution in [0.15, 0.2) is 16.3 Å². The lowest BCUT2D eigenvalue weighted by atomic mass is 10.1. The maximum atomic E-state index is 12.6. The van der Waals surface area contributed by atoms with Crippen molar-refractivity contribution < 1.29 is 8.42 Å². The maximum Gasteiger partial charge on any atom is 0.241 e. The third kappa shape index (κ3) is 4.28. The van der Waals surface area contributed by atoms with Crippen LogP contribution < -0.4 is 10.0 Å². The molecule has 1 atom stereocenters. The molecule has 21 heavy (non-hydrogen) atoms. The highest BCUT2D eigenvalue weighted by atomic mass is 32.2. The van der Waals surface area contributed by atoms with Crippen LogP contribution in [-0.2, 0) is 16.6 Å². The van der Waals surface area contributed by atoms with Crippen LogP contribution in [0, 0.1) is 5.92 Å². The monoisotopic (exact) mass is 328 g/mol. The maximum absolute atomic E-state index is 12.6. The van der Waals surface area contributed by atoms with E-state index in [4.69, 9.17) is 0 Å². The van der Waals surface area contributed by atoms with E-state index in [1.165, 1.54) is 37.0 Å². The topological polar surface area (TPSA) is 58.2 Å². The van der Waals surface area contributed by atoms with Crippen LogP contribution in [0.1, 0.15) is 50.3 Å². The van der Waals surface area contributed by atoms with Gasteiger partial charge in [0, 0.05) is 23.5 Å². The highest BCUT2D eigenvalue weighted by Crippen LogP contribution is 2.34. The molecular weight excluding hydrogens is 304 g/mol. The summed E-state index contributed by atoms with van der Waals surface area (Å²) < 4.78 is 28.1. The van der Waals surface area contributed by atoms with Crippen LogP contribution >= 0.6 is 11.3 Å². The zero-order valence-electron chi connectivity index (χ0n) is 12.5. The van der Waals surface area contributed by atoms with Crippen molar-refractivity contribution >= 4 is 21.4 Å². The van der Waals surface area contributed by atoms with Crippen molar-refractivity contribution in [2.45, 2.75) is 69.0 Å². The van der Waals surface area contributed by atoms with E-state index < -0.39 is 10.0 Å². The van der Waals surface area contributed by atoms with E-state index in [-0.39, 0.29) is 6.04 Å². The molecule has 3 rings (SSSR count). The zero-order chi connectivity index (χ0) is 14.9. The van der Waals surface area contributed by atoms with Crippen LogP contribution in [0.2, 0.25) is 0 Å². The van der Waals surface area contributed by atoms with Gasteiger partial charge in [0.25, 0.3) is 0 Å². The summed E-state index contributed by atoms with van der Waals surface area (Å²) in [5.41, 5.74) is 0. The Balaban J connectivity index is 1.66. The van der Waals surface area contributed by atoms with Gasteiger partial charge in [-0.1, -0.05) is 19.8 Å². The molecule has 1 heterocycles. The highest BCUT2D eigenvalue weighted by Gasteiger charge is 2.29. The van der Waals surface area contributed by atoms with Gasteiger partial charge in [-0.2, -0.15) is 0 Å². The van der Waals surface area contributed by atoms with Crippen molar-refractivity contribution in [3.8, 4) is 0 Å². The van der Waals surface area contributed by atoms with E-state index in [2.05, 4.69) is 17.0 Å². The summed E-state index contributed by atoms with van der Waals surface area (Å²) in [7, 11) is -3.38. The fourth-order valence-electron chi connectivity index (χ4n) is 2.56. The molecule has 0 aliphatic heterocycles. The molecule has 0 radical (unpaired) electrons. The van der Waals surface area contributed by atoms with Gasteiger partial charge in [0.2, 0.25) is 10.0 Å². The van der Waals surface area contributed by atoms with E-state index in [0.29, 0.717) is 17.5 Å². The number of hydrogen-bond donors (Lipinski definition) is 2. The fraction of sp³-hybridized carbons (Fsp3) is 0.733. The lowest BCUT2D eigenvalue weighted by Crippen LogP contribution is -2.35. The molecule has 1 unspecified atom stereocenters. The molecular formula is C15H24N2O2S2. The Kier molecular flexibility index (Phi) is 4.69. The Morgan fingerprint density at radius 1 is 1.33 bits per heavy atom. The molecule has 0 saturated heterocycles. The van der Waals surface area contributed by atoms with Gasteiger partial charge in [-0.05, 0) is 43.0 Å². The minimum Gasteiger partial charge on any atom is -0.309 e. The Morgan fingerprint density at radius 3 is 2.71 bits per heavy atom. The molecule has 118 valence electrons. The molecule has 2 aliphatic rings. The van der Waals surface area contributed by atoms with Crippen molar-refractivity contribution in [2.75, 3.05) is 0 Å².